The third-order valence-corrected chi connectivity index (χ3v) is 4.11. The number of thiophene rings is 1. The van der Waals surface area contributed by atoms with E-state index in [1.807, 2.05) is 42.6 Å². The maximum atomic E-state index is 12.5. The van der Waals surface area contributed by atoms with E-state index in [-0.39, 0.29) is 11.7 Å². The molecule has 4 nitrogen and oxygen atoms in total. The van der Waals surface area contributed by atoms with Gasteiger partial charge in [-0.05, 0) is 47.0 Å². The Morgan fingerprint density at radius 3 is 2.77 bits per heavy atom. The predicted octanol–water partition coefficient (Wildman–Crippen LogP) is 3.95. The van der Waals surface area contributed by atoms with Gasteiger partial charge in [-0.15, -0.1) is 0 Å². The molecular formula is C17H15N3OS. The van der Waals surface area contributed by atoms with E-state index in [0.29, 0.717) is 5.56 Å². The number of nitrogen functional groups attached to an aromatic ring is 1. The quantitative estimate of drug-likeness (QED) is 0.769. The first-order chi connectivity index (χ1) is 10.7. The Hall–Kier alpha value is -2.66. The van der Waals surface area contributed by atoms with E-state index in [1.54, 1.807) is 23.6 Å². The molecule has 2 heterocycles. The summed E-state index contributed by atoms with van der Waals surface area (Å²) in [6.45, 7) is 1.84. The number of carbonyl (C=O) groups is 1. The number of rotatable bonds is 3. The standard InChI is InChI=1S/C17H15N3OS/c1-11-6-8-19-16(18)15(11)17(21)20-14-5-3-2-4-13(14)12-7-9-22-10-12/h2-10H,1H3,(H2,18,19)(H,20,21). The number of aromatic nitrogens is 1. The van der Waals surface area contributed by atoms with Crippen LogP contribution in [0.4, 0.5) is 11.5 Å². The van der Waals surface area contributed by atoms with Crippen molar-refractivity contribution >= 4 is 28.7 Å². The summed E-state index contributed by atoms with van der Waals surface area (Å²) in [5.74, 6) is -0.00343. The Balaban J connectivity index is 1.96. The maximum absolute atomic E-state index is 12.5. The zero-order valence-electron chi connectivity index (χ0n) is 12.0. The number of anilines is 2. The first-order valence-corrected chi connectivity index (χ1v) is 7.75. The van der Waals surface area contributed by atoms with Crippen molar-refractivity contribution in [3.05, 3.63) is 64.5 Å². The number of hydrogen-bond acceptors (Lipinski definition) is 4. The van der Waals surface area contributed by atoms with Crippen LogP contribution in [0.1, 0.15) is 15.9 Å². The first-order valence-electron chi connectivity index (χ1n) is 6.81. The Labute approximate surface area is 132 Å². The molecule has 0 bridgehead atoms. The lowest BCUT2D eigenvalue weighted by Crippen LogP contribution is -2.16. The largest absolute Gasteiger partial charge is 0.383 e. The van der Waals surface area contributed by atoms with E-state index in [0.717, 1.165) is 22.4 Å². The van der Waals surface area contributed by atoms with Crippen molar-refractivity contribution < 1.29 is 4.79 Å². The second kappa shape index (κ2) is 5.99. The normalized spacial score (nSPS) is 10.4. The van der Waals surface area contributed by atoms with Crippen molar-refractivity contribution in [2.75, 3.05) is 11.1 Å². The summed E-state index contributed by atoms with van der Waals surface area (Å²) in [5.41, 5.74) is 9.88. The highest BCUT2D eigenvalue weighted by Gasteiger charge is 2.15. The van der Waals surface area contributed by atoms with Crippen LogP contribution in [-0.2, 0) is 0 Å². The summed E-state index contributed by atoms with van der Waals surface area (Å²) in [6, 6.07) is 11.5. The fourth-order valence-corrected chi connectivity index (χ4v) is 2.98. The summed E-state index contributed by atoms with van der Waals surface area (Å²) in [4.78, 5) is 16.5. The number of carbonyl (C=O) groups excluding carboxylic acids is 1. The van der Waals surface area contributed by atoms with Crippen molar-refractivity contribution in [1.82, 2.24) is 4.98 Å². The maximum Gasteiger partial charge on any atom is 0.259 e. The summed E-state index contributed by atoms with van der Waals surface area (Å²) < 4.78 is 0. The molecule has 0 spiro atoms. The number of nitrogens with one attached hydrogen (secondary N) is 1. The van der Waals surface area contributed by atoms with Gasteiger partial charge in [0.15, 0.2) is 0 Å². The van der Waals surface area contributed by atoms with Gasteiger partial charge in [-0.1, -0.05) is 18.2 Å². The van der Waals surface area contributed by atoms with Crippen LogP contribution >= 0.6 is 11.3 Å². The molecule has 1 aromatic carbocycles. The van der Waals surface area contributed by atoms with Crippen LogP contribution in [-0.4, -0.2) is 10.9 Å². The molecule has 110 valence electrons. The van der Waals surface area contributed by atoms with Gasteiger partial charge in [0.1, 0.15) is 5.82 Å². The van der Waals surface area contributed by atoms with Crippen LogP contribution in [0.25, 0.3) is 11.1 Å². The van der Waals surface area contributed by atoms with Crippen LogP contribution in [0.3, 0.4) is 0 Å². The fourth-order valence-electron chi connectivity index (χ4n) is 2.32. The van der Waals surface area contributed by atoms with Gasteiger partial charge in [0.05, 0.1) is 5.56 Å². The molecule has 5 heteroatoms. The van der Waals surface area contributed by atoms with Gasteiger partial charge in [0, 0.05) is 17.4 Å². The highest BCUT2D eigenvalue weighted by molar-refractivity contribution is 7.08. The molecule has 0 aliphatic carbocycles. The molecule has 0 saturated heterocycles. The van der Waals surface area contributed by atoms with Gasteiger partial charge in [-0.3, -0.25) is 4.79 Å². The van der Waals surface area contributed by atoms with Crippen molar-refractivity contribution in [3.8, 4) is 11.1 Å². The highest BCUT2D eigenvalue weighted by atomic mass is 32.1. The molecule has 0 aliphatic rings. The smallest absolute Gasteiger partial charge is 0.259 e. The summed E-state index contributed by atoms with van der Waals surface area (Å²) in [6.07, 6.45) is 1.60. The molecule has 0 saturated carbocycles. The van der Waals surface area contributed by atoms with Crippen molar-refractivity contribution in [2.24, 2.45) is 0 Å². The van der Waals surface area contributed by atoms with Crippen molar-refractivity contribution in [1.29, 1.82) is 0 Å². The molecule has 2 aromatic heterocycles. The number of benzene rings is 1. The van der Waals surface area contributed by atoms with Gasteiger partial charge in [-0.25, -0.2) is 4.98 Å². The lowest BCUT2D eigenvalue weighted by Gasteiger charge is -2.12. The summed E-state index contributed by atoms with van der Waals surface area (Å²) in [5, 5.41) is 7.00. The second-order valence-electron chi connectivity index (χ2n) is 4.90. The number of amides is 1. The van der Waals surface area contributed by atoms with Crippen molar-refractivity contribution in [2.45, 2.75) is 6.92 Å². The molecule has 22 heavy (non-hydrogen) atoms. The monoisotopic (exact) mass is 309 g/mol. The Morgan fingerprint density at radius 1 is 1.23 bits per heavy atom. The molecule has 0 atom stereocenters. The number of hydrogen-bond donors (Lipinski definition) is 2. The Morgan fingerprint density at radius 2 is 2.05 bits per heavy atom. The van der Waals surface area contributed by atoms with Crippen LogP contribution in [0.15, 0.2) is 53.4 Å². The molecule has 0 radical (unpaired) electrons. The molecule has 0 aliphatic heterocycles. The van der Waals surface area contributed by atoms with Crippen molar-refractivity contribution in [3.63, 3.8) is 0 Å². The number of pyridine rings is 1. The zero-order valence-corrected chi connectivity index (χ0v) is 12.9. The minimum Gasteiger partial charge on any atom is -0.383 e. The molecule has 0 fully saturated rings. The van der Waals surface area contributed by atoms with Crippen LogP contribution in [0, 0.1) is 6.92 Å². The van der Waals surface area contributed by atoms with Gasteiger partial charge in [0.2, 0.25) is 0 Å². The van der Waals surface area contributed by atoms with E-state index in [9.17, 15) is 4.79 Å². The highest BCUT2D eigenvalue weighted by Crippen LogP contribution is 2.30. The SMILES string of the molecule is Cc1ccnc(N)c1C(=O)Nc1ccccc1-c1ccsc1. The van der Waals surface area contributed by atoms with Gasteiger partial charge < -0.3 is 11.1 Å². The van der Waals surface area contributed by atoms with Gasteiger partial charge >= 0.3 is 0 Å². The Bertz CT molecular complexity index is 792. The van der Waals surface area contributed by atoms with E-state index in [2.05, 4.69) is 15.7 Å². The number of nitrogens with two attached hydrogens (primary N) is 1. The zero-order chi connectivity index (χ0) is 15.5. The Kier molecular flexibility index (Phi) is 3.89. The van der Waals surface area contributed by atoms with E-state index >= 15 is 0 Å². The average Bonchev–Trinajstić information content (AvgIpc) is 3.01. The van der Waals surface area contributed by atoms with E-state index in [4.69, 9.17) is 5.73 Å². The predicted molar refractivity (Wildman–Crippen MR) is 91.1 cm³/mol. The van der Waals surface area contributed by atoms with E-state index in [1.165, 1.54) is 0 Å². The topological polar surface area (TPSA) is 68.0 Å². The third-order valence-electron chi connectivity index (χ3n) is 3.42. The van der Waals surface area contributed by atoms with Crippen LogP contribution < -0.4 is 11.1 Å². The average molecular weight is 309 g/mol. The molecule has 3 aromatic rings. The minimum absolute atomic E-state index is 0.241. The molecular weight excluding hydrogens is 294 g/mol. The molecule has 3 N–H and O–H groups in total. The number of para-hydroxylation sites is 1. The lowest BCUT2D eigenvalue weighted by molar-refractivity contribution is 0.102. The summed E-state index contributed by atoms with van der Waals surface area (Å²) in [7, 11) is 0. The minimum atomic E-state index is -0.245. The number of aryl methyl sites for hydroxylation is 1. The lowest BCUT2D eigenvalue weighted by atomic mass is 10.1. The molecule has 0 unspecified atom stereocenters. The van der Waals surface area contributed by atoms with Crippen LogP contribution in [0.2, 0.25) is 0 Å². The third kappa shape index (κ3) is 2.71. The molecule has 3 rings (SSSR count). The second-order valence-corrected chi connectivity index (χ2v) is 5.68. The number of nitrogens with zero attached hydrogens (tertiary/aromatic N) is 1. The molecule has 1 amide bonds. The fraction of sp³-hybridized carbons (Fsp3) is 0.0588. The van der Waals surface area contributed by atoms with Gasteiger partial charge in [-0.2, -0.15) is 11.3 Å². The summed E-state index contributed by atoms with van der Waals surface area (Å²) >= 11 is 1.62. The van der Waals surface area contributed by atoms with E-state index < -0.39 is 0 Å². The van der Waals surface area contributed by atoms with Gasteiger partial charge in [0.25, 0.3) is 5.91 Å². The first kappa shape index (κ1) is 14.3. The van der Waals surface area contributed by atoms with Crippen LogP contribution in [0.5, 0.6) is 0 Å².